The highest BCUT2D eigenvalue weighted by atomic mass is 19.1. The quantitative estimate of drug-likeness (QED) is 0.656. The molecule has 2 rings (SSSR count). The van der Waals surface area contributed by atoms with E-state index in [4.69, 9.17) is 0 Å². The fraction of sp³-hybridized carbons (Fsp3) is 0.417. The van der Waals surface area contributed by atoms with Gasteiger partial charge in [-0.05, 0) is 13.0 Å². The summed E-state index contributed by atoms with van der Waals surface area (Å²) in [5.74, 6) is -1.29. The molecule has 0 atom stereocenters. The van der Waals surface area contributed by atoms with Gasteiger partial charge in [0.05, 0.1) is 22.6 Å². The van der Waals surface area contributed by atoms with Gasteiger partial charge in [-0.2, -0.15) is 0 Å². The first kappa shape index (κ1) is 13.4. The highest BCUT2D eigenvalue weighted by molar-refractivity contribution is 5.95. The van der Waals surface area contributed by atoms with E-state index in [1.54, 1.807) is 4.90 Å². The maximum absolute atomic E-state index is 13.8. The molecule has 1 amide bonds. The van der Waals surface area contributed by atoms with E-state index in [0.29, 0.717) is 19.6 Å². The summed E-state index contributed by atoms with van der Waals surface area (Å²) in [5.41, 5.74) is -0.484. The number of rotatable bonds is 4. The highest BCUT2D eigenvalue weighted by Gasteiger charge is 2.29. The summed E-state index contributed by atoms with van der Waals surface area (Å²) in [4.78, 5) is 23.6. The molecule has 0 spiro atoms. The number of halogens is 1. The summed E-state index contributed by atoms with van der Waals surface area (Å²) in [7, 11) is 0. The fourth-order valence-corrected chi connectivity index (χ4v) is 2.01. The number of nitro benzene ring substituents is 1. The molecule has 19 heavy (non-hydrogen) atoms. The van der Waals surface area contributed by atoms with Gasteiger partial charge in [-0.25, -0.2) is 4.39 Å². The molecule has 0 aromatic heterocycles. The van der Waals surface area contributed by atoms with Crippen LogP contribution in [-0.2, 0) is 0 Å². The lowest BCUT2D eigenvalue weighted by Crippen LogP contribution is -2.58. The molecule has 1 aliphatic heterocycles. The normalized spacial score (nSPS) is 14.8. The molecule has 1 heterocycles. The summed E-state index contributed by atoms with van der Waals surface area (Å²) in [6.07, 6.45) is 0. The molecule has 1 N–H and O–H groups in total. The van der Waals surface area contributed by atoms with E-state index in [-0.39, 0.29) is 17.3 Å². The molecule has 0 bridgehead atoms. The largest absolute Gasteiger partial charge is 0.333 e. The average Bonchev–Trinajstić information content (AvgIpc) is 2.32. The molecular weight excluding hydrogens is 253 g/mol. The Balaban J connectivity index is 2.25. The highest BCUT2D eigenvalue weighted by Crippen LogP contribution is 2.19. The van der Waals surface area contributed by atoms with Crippen LogP contribution in [0.1, 0.15) is 17.3 Å². The second kappa shape index (κ2) is 5.31. The van der Waals surface area contributed by atoms with Gasteiger partial charge in [0.25, 0.3) is 11.6 Å². The number of benzene rings is 1. The van der Waals surface area contributed by atoms with Crippen molar-refractivity contribution in [1.29, 1.82) is 0 Å². The van der Waals surface area contributed by atoms with Gasteiger partial charge in [-0.3, -0.25) is 14.9 Å². The summed E-state index contributed by atoms with van der Waals surface area (Å²) in [5, 5.41) is 13.6. The van der Waals surface area contributed by atoms with E-state index in [0.717, 1.165) is 12.1 Å². The third-order valence-corrected chi connectivity index (χ3v) is 3.20. The van der Waals surface area contributed by atoms with Crippen molar-refractivity contribution >= 4 is 11.6 Å². The van der Waals surface area contributed by atoms with Crippen LogP contribution in [-0.4, -0.2) is 41.4 Å². The van der Waals surface area contributed by atoms with Crippen LogP contribution >= 0.6 is 0 Å². The van der Waals surface area contributed by atoms with Crippen LogP contribution in [0.2, 0.25) is 0 Å². The minimum absolute atomic E-state index is 0.0621. The summed E-state index contributed by atoms with van der Waals surface area (Å²) < 4.78 is 13.8. The fourth-order valence-electron chi connectivity index (χ4n) is 2.01. The number of amides is 1. The van der Waals surface area contributed by atoms with E-state index in [1.807, 2.05) is 6.92 Å². The van der Waals surface area contributed by atoms with Gasteiger partial charge in [0.2, 0.25) is 0 Å². The lowest BCUT2D eigenvalue weighted by atomic mass is 10.1. The van der Waals surface area contributed by atoms with Crippen LogP contribution in [0.15, 0.2) is 18.2 Å². The lowest BCUT2D eigenvalue weighted by molar-refractivity contribution is -0.385. The van der Waals surface area contributed by atoms with Crippen LogP contribution in [0.4, 0.5) is 10.1 Å². The van der Waals surface area contributed by atoms with Gasteiger partial charge in [-0.15, -0.1) is 0 Å². The van der Waals surface area contributed by atoms with Gasteiger partial charge < -0.3 is 10.2 Å². The predicted octanol–water partition coefficient (Wildman–Crippen LogP) is 1.17. The SMILES string of the molecule is CCN(C(=O)c1ccc([N+](=O)[O-])cc1F)C1CNC1. The Morgan fingerprint density at radius 2 is 2.26 bits per heavy atom. The van der Waals surface area contributed by atoms with E-state index < -0.39 is 16.6 Å². The van der Waals surface area contributed by atoms with Gasteiger partial charge in [0.15, 0.2) is 0 Å². The Morgan fingerprint density at radius 1 is 1.58 bits per heavy atom. The van der Waals surface area contributed by atoms with Crippen LogP contribution in [0, 0.1) is 15.9 Å². The van der Waals surface area contributed by atoms with E-state index in [9.17, 15) is 19.3 Å². The number of hydrogen-bond donors (Lipinski definition) is 1. The molecule has 102 valence electrons. The number of nitrogens with one attached hydrogen (secondary N) is 1. The molecule has 6 nitrogen and oxygen atoms in total. The zero-order valence-electron chi connectivity index (χ0n) is 10.4. The molecule has 0 saturated carbocycles. The van der Waals surface area contributed by atoms with E-state index in [1.165, 1.54) is 6.07 Å². The molecule has 1 aliphatic rings. The first-order valence-corrected chi connectivity index (χ1v) is 6.00. The summed E-state index contributed by atoms with van der Waals surface area (Å²) in [6, 6.07) is 3.15. The minimum atomic E-state index is -0.857. The van der Waals surface area contributed by atoms with Crippen molar-refractivity contribution in [2.45, 2.75) is 13.0 Å². The van der Waals surface area contributed by atoms with Crippen LogP contribution in [0.25, 0.3) is 0 Å². The number of hydrogen-bond acceptors (Lipinski definition) is 4. The van der Waals surface area contributed by atoms with Crippen molar-refractivity contribution in [2.24, 2.45) is 0 Å². The molecule has 0 aliphatic carbocycles. The Kier molecular flexibility index (Phi) is 3.75. The Hall–Kier alpha value is -2.02. The third-order valence-electron chi connectivity index (χ3n) is 3.20. The van der Waals surface area contributed by atoms with Crippen LogP contribution in [0.3, 0.4) is 0 Å². The third kappa shape index (κ3) is 2.55. The van der Waals surface area contributed by atoms with E-state index in [2.05, 4.69) is 5.32 Å². The second-order valence-electron chi connectivity index (χ2n) is 4.32. The van der Waals surface area contributed by atoms with Crippen molar-refractivity contribution in [3.05, 3.63) is 39.7 Å². The Bertz CT molecular complexity index is 517. The van der Waals surface area contributed by atoms with Gasteiger partial charge in [-0.1, -0.05) is 0 Å². The summed E-state index contributed by atoms with van der Waals surface area (Å²) >= 11 is 0. The molecule has 0 radical (unpaired) electrons. The molecule has 1 saturated heterocycles. The van der Waals surface area contributed by atoms with Gasteiger partial charge >= 0.3 is 0 Å². The van der Waals surface area contributed by atoms with Gasteiger partial charge in [0, 0.05) is 25.7 Å². The minimum Gasteiger partial charge on any atom is -0.333 e. The number of non-ortho nitro benzene ring substituents is 1. The zero-order chi connectivity index (χ0) is 14.0. The number of carbonyl (C=O) groups is 1. The Labute approximate surface area is 109 Å². The lowest BCUT2D eigenvalue weighted by Gasteiger charge is -2.37. The van der Waals surface area contributed by atoms with Crippen molar-refractivity contribution in [2.75, 3.05) is 19.6 Å². The maximum Gasteiger partial charge on any atom is 0.272 e. The molecule has 0 unspecified atom stereocenters. The average molecular weight is 267 g/mol. The monoisotopic (exact) mass is 267 g/mol. The summed E-state index contributed by atoms with van der Waals surface area (Å²) in [6.45, 7) is 3.67. The maximum atomic E-state index is 13.8. The number of likely N-dealkylation sites (N-methyl/N-ethyl adjacent to an activating group) is 1. The smallest absolute Gasteiger partial charge is 0.272 e. The van der Waals surface area contributed by atoms with Crippen molar-refractivity contribution < 1.29 is 14.1 Å². The molecule has 1 fully saturated rings. The number of carbonyl (C=O) groups excluding carboxylic acids is 1. The van der Waals surface area contributed by atoms with Crippen LogP contribution in [0.5, 0.6) is 0 Å². The van der Waals surface area contributed by atoms with Crippen molar-refractivity contribution in [3.8, 4) is 0 Å². The van der Waals surface area contributed by atoms with Crippen molar-refractivity contribution in [3.63, 3.8) is 0 Å². The first-order valence-electron chi connectivity index (χ1n) is 6.00. The van der Waals surface area contributed by atoms with Gasteiger partial charge in [0.1, 0.15) is 5.82 Å². The Morgan fingerprint density at radius 3 is 2.68 bits per heavy atom. The second-order valence-corrected chi connectivity index (χ2v) is 4.32. The molecule has 1 aromatic rings. The molecule has 7 heteroatoms. The molecule has 1 aromatic carbocycles. The van der Waals surface area contributed by atoms with Crippen LogP contribution < -0.4 is 5.32 Å². The topological polar surface area (TPSA) is 75.5 Å². The van der Waals surface area contributed by atoms with E-state index >= 15 is 0 Å². The predicted molar refractivity (Wildman–Crippen MR) is 66.4 cm³/mol. The van der Waals surface area contributed by atoms with Crippen molar-refractivity contribution in [1.82, 2.24) is 10.2 Å². The zero-order valence-corrected chi connectivity index (χ0v) is 10.4. The molecular formula is C12H14FN3O3. The first-order chi connectivity index (χ1) is 9.04. The standard InChI is InChI=1S/C12H14FN3O3/c1-2-15(9-6-14-7-9)12(17)10-4-3-8(16(18)19)5-11(10)13/h3-5,9,14H,2,6-7H2,1H3. The number of nitrogens with zero attached hydrogens (tertiary/aromatic N) is 2. The number of nitro groups is 1.